The minimum atomic E-state index is -1.09. The zero-order valence-electron chi connectivity index (χ0n) is 34.5. The van der Waals surface area contributed by atoms with Crippen LogP contribution in [0.5, 0.6) is 0 Å². The minimum absolute atomic E-state index is 0.0145. The molecular weight excluding hydrogens is 767 g/mol. The second-order valence-electron chi connectivity index (χ2n) is 16.1. The second-order valence-corrected chi connectivity index (χ2v) is 16.1. The van der Waals surface area contributed by atoms with E-state index in [1.54, 1.807) is 6.07 Å². The molecule has 4 N–H and O–H groups in total. The molecule has 2 aromatic carbocycles. The van der Waals surface area contributed by atoms with E-state index >= 15 is 0 Å². The summed E-state index contributed by atoms with van der Waals surface area (Å²) in [4.78, 5) is 80.2. The summed E-state index contributed by atoms with van der Waals surface area (Å²) in [7, 11) is 0. The molecule has 0 radical (unpaired) electrons. The molecule has 1 atom stereocenters. The van der Waals surface area contributed by atoms with Gasteiger partial charge in [0, 0.05) is 69.2 Å². The molecule has 16 nitrogen and oxygen atoms in total. The fourth-order valence-electron chi connectivity index (χ4n) is 8.71. The second kappa shape index (κ2) is 20.2. The number of fused-ring (bicyclic) bond motifs is 1. The summed E-state index contributed by atoms with van der Waals surface area (Å²) in [6, 6.07) is 15.1. The number of nitrogens with two attached hydrogens (primary N) is 1. The topological polar surface area (TPSA) is 193 Å². The lowest BCUT2D eigenvalue weighted by molar-refractivity contribution is -0.136. The number of nitrogen functional groups attached to an aromatic ring is 1. The number of unbranched alkanes of at least 4 members (excludes halogenated alkanes) is 3. The first-order valence-electron chi connectivity index (χ1n) is 21.4. The molecule has 4 aliphatic heterocycles. The number of hydrogen-bond acceptors (Lipinski definition) is 13. The third-order valence-electron chi connectivity index (χ3n) is 11.8. The van der Waals surface area contributed by atoms with Gasteiger partial charge in [-0.25, -0.2) is 4.98 Å². The van der Waals surface area contributed by atoms with Gasteiger partial charge in [0.05, 0.1) is 30.0 Å². The highest BCUT2D eigenvalue weighted by molar-refractivity contribution is 6.26. The Hall–Kier alpha value is -5.45. The van der Waals surface area contributed by atoms with Crippen molar-refractivity contribution in [1.82, 2.24) is 25.1 Å². The number of piperidine rings is 2. The maximum atomic E-state index is 13.3. The largest absolute Gasteiger partial charge is 0.379 e. The predicted octanol–water partition coefficient (Wildman–Crippen LogP) is 4.07. The summed E-state index contributed by atoms with van der Waals surface area (Å²) in [6.45, 7) is 8.95. The van der Waals surface area contributed by atoms with Gasteiger partial charge in [0.15, 0.2) is 0 Å². The molecule has 0 spiro atoms. The van der Waals surface area contributed by atoms with Gasteiger partial charge < -0.3 is 30.3 Å². The van der Waals surface area contributed by atoms with Crippen LogP contribution in [-0.2, 0) is 30.4 Å². The number of nitrogens with zero attached hydrogens (tertiary/aromatic N) is 6. The number of carbonyl (C=O) groups excluding carboxylic acids is 5. The van der Waals surface area contributed by atoms with Crippen LogP contribution in [0.1, 0.15) is 96.2 Å². The summed E-state index contributed by atoms with van der Waals surface area (Å²) >= 11 is 0. The van der Waals surface area contributed by atoms with E-state index in [0.717, 1.165) is 94.2 Å². The molecule has 16 heteroatoms. The van der Waals surface area contributed by atoms with Gasteiger partial charge in [-0.15, -0.1) is 0 Å². The standard InChI is InChI=1S/C44H57N9O7/c1-30-26-37(48-44(45)46-30)51-21-16-32(17-22-51)52(28-31-10-8-11-33(27-31)50-18-5-6-19-50)20-4-2-3-7-23-59-24-25-60-29-39(55)47-35-13-9-12-34-40(35)43(58)53(42(34)57)36-14-15-38(54)49-41(36)56/h8-13,26-27,32,36H,2-7,14-25,28-29H2,1H3,(H,47,55)(H2,45,46,48)(H,49,54,56). The molecule has 7 rings (SSSR count). The van der Waals surface area contributed by atoms with E-state index in [9.17, 15) is 24.0 Å². The average molecular weight is 824 g/mol. The number of carbonyl (C=O) groups is 5. The van der Waals surface area contributed by atoms with Crippen molar-refractivity contribution >= 4 is 52.7 Å². The van der Waals surface area contributed by atoms with Gasteiger partial charge in [-0.1, -0.05) is 31.0 Å². The van der Waals surface area contributed by atoms with Crippen LogP contribution >= 0.6 is 0 Å². The number of imide groups is 2. The zero-order valence-corrected chi connectivity index (χ0v) is 34.5. The van der Waals surface area contributed by atoms with Crippen LogP contribution in [-0.4, -0.2) is 121 Å². The van der Waals surface area contributed by atoms with Crippen LogP contribution in [0.3, 0.4) is 0 Å². The van der Waals surface area contributed by atoms with Gasteiger partial charge >= 0.3 is 0 Å². The fourth-order valence-corrected chi connectivity index (χ4v) is 8.71. The first kappa shape index (κ1) is 42.7. The maximum Gasteiger partial charge on any atom is 0.264 e. The Morgan fingerprint density at radius 1 is 0.867 bits per heavy atom. The highest BCUT2D eigenvalue weighted by Gasteiger charge is 2.45. The zero-order chi connectivity index (χ0) is 42.0. The van der Waals surface area contributed by atoms with Crippen LogP contribution < -0.4 is 26.2 Å². The van der Waals surface area contributed by atoms with Gasteiger partial charge in [0.2, 0.25) is 23.7 Å². The van der Waals surface area contributed by atoms with E-state index in [-0.39, 0.29) is 42.9 Å². The minimum Gasteiger partial charge on any atom is -0.379 e. The summed E-state index contributed by atoms with van der Waals surface area (Å²) < 4.78 is 11.3. The highest BCUT2D eigenvalue weighted by Crippen LogP contribution is 2.33. The average Bonchev–Trinajstić information content (AvgIpc) is 3.86. The number of nitrogens with one attached hydrogen (secondary N) is 2. The van der Waals surface area contributed by atoms with Crippen LogP contribution in [0.4, 0.5) is 23.1 Å². The lowest BCUT2D eigenvalue weighted by atomic mass is 10.0. The number of hydrogen-bond donors (Lipinski definition) is 3. The van der Waals surface area contributed by atoms with Crippen molar-refractivity contribution in [2.75, 3.05) is 80.0 Å². The van der Waals surface area contributed by atoms with E-state index < -0.39 is 35.6 Å². The number of aromatic nitrogens is 2. The Balaban J connectivity index is 0.804. The Kier molecular flexibility index (Phi) is 14.4. The van der Waals surface area contributed by atoms with Gasteiger partial charge in [-0.05, 0) is 88.2 Å². The van der Waals surface area contributed by atoms with Gasteiger partial charge in [0.25, 0.3) is 11.8 Å². The van der Waals surface area contributed by atoms with Crippen molar-refractivity contribution in [1.29, 1.82) is 0 Å². The van der Waals surface area contributed by atoms with Gasteiger partial charge in [-0.2, -0.15) is 4.98 Å². The Morgan fingerprint density at radius 2 is 1.63 bits per heavy atom. The molecule has 320 valence electrons. The highest BCUT2D eigenvalue weighted by atomic mass is 16.5. The predicted molar refractivity (Wildman–Crippen MR) is 227 cm³/mol. The van der Waals surface area contributed by atoms with Gasteiger partial charge in [0.1, 0.15) is 18.5 Å². The Labute approximate surface area is 351 Å². The SMILES string of the molecule is Cc1cc(N2CCC(N(CCCCCCOCCOCC(=O)Nc3cccc4c3C(=O)N(C3CCC(=O)NC3=O)C4=O)Cc3cccc(N4CCCC4)c3)CC2)nc(N)n1. The van der Waals surface area contributed by atoms with Crippen LogP contribution in [0.15, 0.2) is 48.5 Å². The van der Waals surface area contributed by atoms with E-state index in [2.05, 4.69) is 59.6 Å². The first-order valence-corrected chi connectivity index (χ1v) is 21.4. The van der Waals surface area contributed by atoms with Crippen LogP contribution in [0, 0.1) is 6.92 Å². The van der Waals surface area contributed by atoms with Crippen molar-refractivity contribution in [2.45, 2.75) is 89.8 Å². The summed E-state index contributed by atoms with van der Waals surface area (Å²) in [6.07, 6.45) is 8.90. The number of aryl methyl sites for hydroxylation is 1. The molecule has 5 heterocycles. The molecule has 3 aromatic rings. The number of ether oxygens (including phenoxy) is 2. The summed E-state index contributed by atoms with van der Waals surface area (Å²) in [5, 5.41) is 4.84. The Morgan fingerprint density at radius 3 is 2.42 bits per heavy atom. The fraction of sp³-hybridized carbons (Fsp3) is 0.523. The number of anilines is 4. The van der Waals surface area contributed by atoms with Crippen molar-refractivity contribution in [2.24, 2.45) is 0 Å². The quantitative estimate of drug-likeness (QED) is 0.116. The molecule has 1 aromatic heterocycles. The number of rotatable bonds is 19. The van der Waals surface area contributed by atoms with Crippen LogP contribution in [0.2, 0.25) is 0 Å². The first-order chi connectivity index (χ1) is 29.1. The molecular formula is C44H57N9O7. The van der Waals surface area contributed by atoms with Crippen molar-refractivity contribution < 1.29 is 33.4 Å². The van der Waals surface area contributed by atoms with Gasteiger partial charge in [-0.3, -0.25) is 39.1 Å². The summed E-state index contributed by atoms with van der Waals surface area (Å²) in [5.41, 5.74) is 9.81. The smallest absolute Gasteiger partial charge is 0.264 e. The molecule has 60 heavy (non-hydrogen) atoms. The van der Waals surface area contributed by atoms with Crippen molar-refractivity contribution in [3.8, 4) is 0 Å². The van der Waals surface area contributed by atoms with E-state index in [1.807, 2.05) is 13.0 Å². The third kappa shape index (κ3) is 10.6. The van der Waals surface area contributed by atoms with E-state index in [0.29, 0.717) is 25.2 Å². The molecule has 0 bridgehead atoms. The molecule has 1 unspecified atom stereocenters. The molecule has 0 aliphatic carbocycles. The number of benzene rings is 2. The van der Waals surface area contributed by atoms with E-state index in [1.165, 1.54) is 36.2 Å². The maximum absolute atomic E-state index is 13.3. The lowest BCUT2D eigenvalue weighted by Crippen LogP contribution is -2.54. The molecule has 0 saturated carbocycles. The van der Waals surface area contributed by atoms with Crippen molar-refractivity contribution in [3.05, 3.63) is 70.9 Å². The van der Waals surface area contributed by atoms with Crippen LogP contribution in [0.25, 0.3) is 0 Å². The Bertz CT molecular complexity index is 2010. The molecule has 3 saturated heterocycles. The van der Waals surface area contributed by atoms with Crippen molar-refractivity contribution in [3.63, 3.8) is 0 Å². The van der Waals surface area contributed by atoms with E-state index in [4.69, 9.17) is 15.2 Å². The molecule has 3 fully saturated rings. The molecule has 5 amide bonds. The monoisotopic (exact) mass is 823 g/mol. The lowest BCUT2D eigenvalue weighted by Gasteiger charge is -2.39. The summed E-state index contributed by atoms with van der Waals surface area (Å²) in [5.74, 6) is -1.73. The normalized spacial score (nSPS) is 18.4. The third-order valence-corrected chi connectivity index (χ3v) is 11.8. The number of amides is 5. The molecule has 4 aliphatic rings.